The van der Waals surface area contributed by atoms with Gasteiger partial charge in [-0.15, -0.1) is 0 Å². The number of ether oxygens (including phenoxy) is 1. The van der Waals surface area contributed by atoms with Gasteiger partial charge in [0.2, 0.25) is 5.88 Å². The molecular formula is C14H13BrN2O. The molecule has 1 aromatic heterocycles. The van der Waals surface area contributed by atoms with Crippen LogP contribution < -0.4 is 4.74 Å². The minimum atomic E-state index is 0.556. The third-order valence-electron chi connectivity index (χ3n) is 3.17. The molecule has 1 aliphatic carbocycles. The van der Waals surface area contributed by atoms with E-state index in [1.165, 1.54) is 36.7 Å². The Balaban J connectivity index is 1.87. The zero-order valence-corrected chi connectivity index (χ0v) is 11.5. The summed E-state index contributed by atoms with van der Waals surface area (Å²) in [6.07, 6.45) is 8.07. The Morgan fingerprint density at radius 2 is 1.94 bits per heavy atom. The van der Waals surface area contributed by atoms with E-state index < -0.39 is 0 Å². The van der Waals surface area contributed by atoms with Gasteiger partial charge >= 0.3 is 0 Å². The third-order valence-corrected chi connectivity index (χ3v) is 3.71. The van der Waals surface area contributed by atoms with Crippen LogP contribution in [0.25, 0.3) is 0 Å². The van der Waals surface area contributed by atoms with E-state index in [9.17, 15) is 0 Å². The smallest absolute Gasteiger partial charge is 0.236 e. The molecule has 0 radical (unpaired) electrons. The molecule has 0 spiro atoms. The Morgan fingerprint density at radius 1 is 1.11 bits per heavy atom. The van der Waals surface area contributed by atoms with Gasteiger partial charge in [0.05, 0.1) is 4.47 Å². The molecule has 0 saturated carbocycles. The van der Waals surface area contributed by atoms with Gasteiger partial charge in [-0.05, 0) is 64.9 Å². The maximum atomic E-state index is 5.78. The molecule has 0 amide bonds. The highest BCUT2D eigenvalue weighted by atomic mass is 79.9. The van der Waals surface area contributed by atoms with Crippen LogP contribution >= 0.6 is 15.9 Å². The predicted octanol–water partition coefficient (Wildman–Crippen LogP) is 3.91. The molecule has 1 aromatic carbocycles. The Labute approximate surface area is 114 Å². The van der Waals surface area contributed by atoms with Gasteiger partial charge in [0.1, 0.15) is 12.1 Å². The summed E-state index contributed by atoms with van der Waals surface area (Å²) >= 11 is 3.38. The summed E-state index contributed by atoms with van der Waals surface area (Å²) in [5.41, 5.74) is 2.86. The van der Waals surface area contributed by atoms with Gasteiger partial charge in [-0.25, -0.2) is 9.97 Å². The molecule has 0 fully saturated rings. The first-order chi connectivity index (χ1) is 8.83. The van der Waals surface area contributed by atoms with Crippen LogP contribution in [0.1, 0.15) is 24.0 Å². The highest BCUT2D eigenvalue weighted by Gasteiger charge is 2.11. The average molecular weight is 305 g/mol. The number of hydrogen-bond donors (Lipinski definition) is 0. The summed E-state index contributed by atoms with van der Waals surface area (Å²) in [5.74, 6) is 1.40. The molecule has 3 rings (SSSR count). The van der Waals surface area contributed by atoms with Crippen molar-refractivity contribution in [2.75, 3.05) is 0 Å². The predicted molar refractivity (Wildman–Crippen MR) is 72.9 cm³/mol. The quantitative estimate of drug-likeness (QED) is 0.844. The largest absolute Gasteiger partial charge is 0.438 e. The summed E-state index contributed by atoms with van der Waals surface area (Å²) in [6, 6.07) is 6.31. The minimum Gasteiger partial charge on any atom is -0.438 e. The monoisotopic (exact) mass is 304 g/mol. The Kier molecular flexibility index (Phi) is 3.28. The minimum absolute atomic E-state index is 0.556. The fraction of sp³-hybridized carbons (Fsp3) is 0.286. The van der Waals surface area contributed by atoms with Gasteiger partial charge in [0.25, 0.3) is 0 Å². The van der Waals surface area contributed by atoms with Gasteiger partial charge in [-0.1, -0.05) is 6.07 Å². The molecule has 92 valence electrons. The van der Waals surface area contributed by atoms with Crippen LogP contribution in [0.4, 0.5) is 0 Å². The van der Waals surface area contributed by atoms with Crippen molar-refractivity contribution in [3.8, 4) is 11.6 Å². The standard InChI is InChI=1S/C14H13BrN2O/c15-13-8-16-9-17-14(13)18-12-6-5-10-3-1-2-4-11(10)7-12/h5-9H,1-4H2. The Morgan fingerprint density at radius 3 is 2.78 bits per heavy atom. The van der Waals surface area contributed by atoms with Crippen LogP contribution in [0.5, 0.6) is 11.6 Å². The number of aromatic nitrogens is 2. The van der Waals surface area contributed by atoms with Crippen molar-refractivity contribution in [2.24, 2.45) is 0 Å². The topological polar surface area (TPSA) is 35.0 Å². The highest BCUT2D eigenvalue weighted by Crippen LogP contribution is 2.30. The molecule has 0 aliphatic heterocycles. The number of benzene rings is 1. The lowest BCUT2D eigenvalue weighted by molar-refractivity contribution is 0.456. The molecule has 2 aromatic rings. The highest BCUT2D eigenvalue weighted by molar-refractivity contribution is 9.10. The number of aryl methyl sites for hydroxylation is 2. The summed E-state index contributed by atoms with van der Waals surface area (Å²) in [4.78, 5) is 8.02. The van der Waals surface area contributed by atoms with Gasteiger partial charge in [-0.3, -0.25) is 0 Å². The first-order valence-electron chi connectivity index (χ1n) is 6.08. The summed E-state index contributed by atoms with van der Waals surface area (Å²) in [6.45, 7) is 0. The van der Waals surface area contributed by atoms with Crippen molar-refractivity contribution >= 4 is 15.9 Å². The van der Waals surface area contributed by atoms with Crippen LogP contribution in [-0.2, 0) is 12.8 Å². The number of fused-ring (bicyclic) bond motifs is 1. The molecule has 18 heavy (non-hydrogen) atoms. The van der Waals surface area contributed by atoms with Crippen molar-refractivity contribution in [1.29, 1.82) is 0 Å². The van der Waals surface area contributed by atoms with Crippen LogP contribution in [0.3, 0.4) is 0 Å². The lowest BCUT2D eigenvalue weighted by Gasteiger charge is -2.16. The summed E-state index contributed by atoms with van der Waals surface area (Å²) in [5, 5.41) is 0. The summed E-state index contributed by atoms with van der Waals surface area (Å²) < 4.78 is 6.54. The number of hydrogen-bond acceptors (Lipinski definition) is 3. The SMILES string of the molecule is Brc1cncnc1Oc1ccc2c(c1)CCCC2. The second-order valence-corrected chi connectivity index (χ2v) is 5.27. The molecule has 0 atom stereocenters. The van der Waals surface area contributed by atoms with Crippen molar-refractivity contribution in [2.45, 2.75) is 25.7 Å². The van der Waals surface area contributed by atoms with Crippen LogP contribution in [-0.4, -0.2) is 9.97 Å². The maximum Gasteiger partial charge on any atom is 0.236 e. The molecule has 0 N–H and O–H groups in total. The van der Waals surface area contributed by atoms with E-state index in [2.05, 4.69) is 38.0 Å². The van der Waals surface area contributed by atoms with Crippen LogP contribution in [0.15, 0.2) is 35.2 Å². The van der Waals surface area contributed by atoms with Crippen molar-refractivity contribution in [3.63, 3.8) is 0 Å². The van der Waals surface area contributed by atoms with Crippen molar-refractivity contribution in [1.82, 2.24) is 9.97 Å². The average Bonchev–Trinajstić information content (AvgIpc) is 2.41. The van der Waals surface area contributed by atoms with Crippen LogP contribution in [0.2, 0.25) is 0 Å². The second kappa shape index (κ2) is 5.06. The molecule has 0 saturated heterocycles. The van der Waals surface area contributed by atoms with E-state index in [0.717, 1.165) is 16.6 Å². The summed E-state index contributed by atoms with van der Waals surface area (Å²) in [7, 11) is 0. The lowest BCUT2D eigenvalue weighted by atomic mass is 9.92. The molecule has 0 unspecified atom stereocenters. The van der Waals surface area contributed by atoms with E-state index in [-0.39, 0.29) is 0 Å². The number of rotatable bonds is 2. The molecule has 3 nitrogen and oxygen atoms in total. The third kappa shape index (κ3) is 2.38. The molecule has 0 bridgehead atoms. The zero-order chi connectivity index (χ0) is 12.4. The Hall–Kier alpha value is -1.42. The van der Waals surface area contributed by atoms with Gasteiger partial charge < -0.3 is 4.74 Å². The van der Waals surface area contributed by atoms with Crippen molar-refractivity contribution in [3.05, 3.63) is 46.3 Å². The van der Waals surface area contributed by atoms with Crippen molar-refractivity contribution < 1.29 is 4.74 Å². The number of nitrogens with zero attached hydrogens (tertiary/aromatic N) is 2. The van der Waals surface area contributed by atoms with E-state index in [1.54, 1.807) is 6.20 Å². The first kappa shape index (κ1) is 11.7. The van der Waals surface area contributed by atoms with Gasteiger partial charge in [-0.2, -0.15) is 0 Å². The molecular weight excluding hydrogens is 292 g/mol. The number of halogens is 1. The fourth-order valence-corrected chi connectivity index (χ4v) is 2.56. The lowest BCUT2D eigenvalue weighted by Crippen LogP contribution is -2.02. The van der Waals surface area contributed by atoms with Gasteiger partial charge in [0.15, 0.2) is 0 Å². The van der Waals surface area contributed by atoms with E-state index >= 15 is 0 Å². The second-order valence-electron chi connectivity index (χ2n) is 4.42. The van der Waals surface area contributed by atoms with Gasteiger partial charge in [0, 0.05) is 6.20 Å². The first-order valence-corrected chi connectivity index (χ1v) is 6.87. The molecule has 1 heterocycles. The Bertz CT molecular complexity index is 571. The molecule has 4 heteroatoms. The fourth-order valence-electron chi connectivity index (χ4n) is 2.26. The maximum absolute atomic E-state index is 5.78. The van der Waals surface area contributed by atoms with Crippen LogP contribution in [0, 0.1) is 0 Å². The molecule has 1 aliphatic rings. The van der Waals surface area contributed by atoms with E-state index in [1.807, 2.05) is 6.07 Å². The zero-order valence-electron chi connectivity index (χ0n) is 9.90. The van der Waals surface area contributed by atoms with E-state index in [4.69, 9.17) is 4.74 Å². The van der Waals surface area contributed by atoms with E-state index in [0.29, 0.717) is 5.88 Å². The normalized spacial score (nSPS) is 14.1.